The third-order valence-corrected chi connectivity index (χ3v) is 3.69. The summed E-state index contributed by atoms with van der Waals surface area (Å²) in [6.45, 7) is 6.95. The molecule has 0 radical (unpaired) electrons. The largest absolute Gasteiger partial charge is 0.395 e. The smallest absolute Gasteiger partial charge is 0.0558 e. The molecule has 2 nitrogen and oxygen atoms in total. The van der Waals surface area contributed by atoms with Crippen LogP contribution in [0.15, 0.2) is 48.5 Å². The van der Waals surface area contributed by atoms with Crippen LogP contribution in [-0.4, -0.2) is 23.2 Å². The second kappa shape index (κ2) is 7.22. The second-order valence-electron chi connectivity index (χ2n) is 5.29. The minimum Gasteiger partial charge on any atom is -0.395 e. The molecule has 0 atom stereocenters. The first-order chi connectivity index (χ1) is 9.70. The monoisotopic (exact) mass is 269 g/mol. The van der Waals surface area contributed by atoms with E-state index in [1.807, 2.05) is 6.07 Å². The molecule has 0 spiro atoms. The molecule has 0 heterocycles. The second-order valence-corrected chi connectivity index (χ2v) is 5.29. The van der Waals surface area contributed by atoms with Gasteiger partial charge in [-0.2, -0.15) is 0 Å². The zero-order valence-corrected chi connectivity index (χ0v) is 12.3. The third kappa shape index (κ3) is 3.92. The van der Waals surface area contributed by atoms with Crippen molar-refractivity contribution in [1.82, 2.24) is 4.90 Å². The van der Waals surface area contributed by atoms with Crippen LogP contribution in [0.3, 0.4) is 0 Å². The van der Waals surface area contributed by atoms with E-state index in [4.69, 9.17) is 0 Å². The van der Waals surface area contributed by atoms with Gasteiger partial charge < -0.3 is 5.11 Å². The molecule has 2 aromatic carbocycles. The van der Waals surface area contributed by atoms with Gasteiger partial charge in [0.15, 0.2) is 0 Å². The molecule has 0 bridgehead atoms. The first kappa shape index (κ1) is 14.8. The van der Waals surface area contributed by atoms with Crippen molar-refractivity contribution in [2.45, 2.75) is 26.9 Å². The maximum absolute atomic E-state index is 9.29. The van der Waals surface area contributed by atoms with E-state index in [1.54, 1.807) is 0 Å². The van der Waals surface area contributed by atoms with Crippen LogP contribution in [0.4, 0.5) is 0 Å². The summed E-state index contributed by atoms with van der Waals surface area (Å²) in [5, 5.41) is 9.29. The van der Waals surface area contributed by atoms with Gasteiger partial charge in [-0.1, -0.05) is 48.5 Å². The van der Waals surface area contributed by atoms with Gasteiger partial charge >= 0.3 is 0 Å². The summed E-state index contributed by atoms with van der Waals surface area (Å²) in [5.41, 5.74) is 5.30. The highest BCUT2D eigenvalue weighted by Crippen LogP contribution is 2.17. The van der Waals surface area contributed by atoms with E-state index in [-0.39, 0.29) is 6.61 Å². The lowest BCUT2D eigenvalue weighted by Crippen LogP contribution is -2.26. The third-order valence-electron chi connectivity index (χ3n) is 3.69. The van der Waals surface area contributed by atoms with Crippen molar-refractivity contribution in [3.05, 3.63) is 70.8 Å². The van der Waals surface area contributed by atoms with Crippen molar-refractivity contribution in [3.8, 4) is 0 Å². The Bertz CT molecular complexity index is 516. The van der Waals surface area contributed by atoms with Crippen molar-refractivity contribution in [2.24, 2.45) is 0 Å². The maximum atomic E-state index is 9.29. The molecule has 0 aliphatic heterocycles. The quantitative estimate of drug-likeness (QED) is 0.870. The lowest BCUT2D eigenvalue weighted by Gasteiger charge is -2.23. The zero-order valence-electron chi connectivity index (χ0n) is 12.3. The highest BCUT2D eigenvalue weighted by atomic mass is 16.3. The standard InChI is InChI=1S/C18H23NO/c1-15-7-6-8-16(2)18(15)14-19(11-12-20)13-17-9-4-3-5-10-17/h3-10,20H,11-14H2,1-2H3. The molecule has 2 rings (SSSR count). The van der Waals surface area contributed by atoms with Crippen LogP contribution in [0.25, 0.3) is 0 Å². The molecular formula is C18H23NO. The molecule has 20 heavy (non-hydrogen) atoms. The normalized spacial score (nSPS) is 11.0. The molecule has 2 heteroatoms. The lowest BCUT2D eigenvalue weighted by atomic mass is 10.0. The van der Waals surface area contributed by atoms with Crippen LogP contribution in [0.1, 0.15) is 22.3 Å². The Morgan fingerprint density at radius 3 is 2.10 bits per heavy atom. The average Bonchev–Trinajstić information content (AvgIpc) is 2.44. The van der Waals surface area contributed by atoms with E-state index in [0.717, 1.165) is 13.1 Å². The van der Waals surface area contributed by atoms with Crippen molar-refractivity contribution in [3.63, 3.8) is 0 Å². The number of rotatable bonds is 6. The first-order valence-corrected chi connectivity index (χ1v) is 7.13. The average molecular weight is 269 g/mol. The molecule has 0 fully saturated rings. The highest BCUT2D eigenvalue weighted by Gasteiger charge is 2.10. The molecule has 0 amide bonds. The number of aryl methyl sites for hydroxylation is 2. The Kier molecular flexibility index (Phi) is 5.33. The van der Waals surface area contributed by atoms with Gasteiger partial charge in [-0.05, 0) is 36.1 Å². The lowest BCUT2D eigenvalue weighted by molar-refractivity contribution is 0.184. The fourth-order valence-corrected chi connectivity index (χ4v) is 2.52. The van der Waals surface area contributed by atoms with E-state index in [9.17, 15) is 5.11 Å². The molecule has 0 aromatic heterocycles. The van der Waals surface area contributed by atoms with Crippen LogP contribution in [-0.2, 0) is 13.1 Å². The van der Waals surface area contributed by atoms with Crippen molar-refractivity contribution in [1.29, 1.82) is 0 Å². The van der Waals surface area contributed by atoms with Crippen molar-refractivity contribution < 1.29 is 5.11 Å². The molecule has 106 valence electrons. The summed E-state index contributed by atoms with van der Waals surface area (Å²) in [4.78, 5) is 2.30. The maximum Gasteiger partial charge on any atom is 0.0558 e. The summed E-state index contributed by atoms with van der Waals surface area (Å²) in [5.74, 6) is 0. The first-order valence-electron chi connectivity index (χ1n) is 7.13. The Hall–Kier alpha value is -1.64. The Balaban J connectivity index is 2.13. The molecule has 1 N–H and O–H groups in total. The van der Waals surface area contributed by atoms with E-state index in [2.05, 4.69) is 61.2 Å². The van der Waals surface area contributed by atoms with E-state index < -0.39 is 0 Å². The van der Waals surface area contributed by atoms with Crippen LogP contribution < -0.4 is 0 Å². The van der Waals surface area contributed by atoms with Gasteiger partial charge in [0.1, 0.15) is 0 Å². The van der Waals surface area contributed by atoms with Crippen LogP contribution in [0.2, 0.25) is 0 Å². The summed E-state index contributed by atoms with van der Waals surface area (Å²) in [7, 11) is 0. The Morgan fingerprint density at radius 2 is 1.50 bits per heavy atom. The highest BCUT2D eigenvalue weighted by molar-refractivity contribution is 5.33. The van der Waals surface area contributed by atoms with Gasteiger partial charge in [-0.3, -0.25) is 4.90 Å². The number of hydrogen-bond acceptors (Lipinski definition) is 2. The minimum atomic E-state index is 0.192. The van der Waals surface area contributed by atoms with Crippen LogP contribution >= 0.6 is 0 Å². The predicted octanol–water partition coefficient (Wildman–Crippen LogP) is 3.30. The van der Waals surface area contributed by atoms with Gasteiger partial charge in [0.2, 0.25) is 0 Å². The van der Waals surface area contributed by atoms with Gasteiger partial charge in [0.25, 0.3) is 0 Å². The number of hydrogen-bond donors (Lipinski definition) is 1. The Labute approximate surface area is 121 Å². The van der Waals surface area contributed by atoms with E-state index >= 15 is 0 Å². The van der Waals surface area contributed by atoms with E-state index in [1.165, 1.54) is 22.3 Å². The number of benzene rings is 2. The van der Waals surface area contributed by atoms with Crippen LogP contribution in [0.5, 0.6) is 0 Å². The van der Waals surface area contributed by atoms with Crippen molar-refractivity contribution in [2.75, 3.05) is 13.2 Å². The summed E-state index contributed by atoms with van der Waals surface area (Å²) < 4.78 is 0. The van der Waals surface area contributed by atoms with Crippen molar-refractivity contribution >= 4 is 0 Å². The predicted molar refractivity (Wildman–Crippen MR) is 83.6 cm³/mol. The topological polar surface area (TPSA) is 23.5 Å². The van der Waals surface area contributed by atoms with Gasteiger partial charge in [-0.15, -0.1) is 0 Å². The minimum absolute atomic E-state index is 0.192. The summed E-state index contributed by atoms with van der Waals surface area (Å²) in [6.07, 6.45) is 0. The summed E-state index contributed by atoms with van der Waals surface area (Å²) >= 11 is 0. The molecule has 2 aromatic rings. The van der Waals surface area contributed by atoms with Gasteiger partial charge in [0.05, 0.1) is 6.61 Å². The molecule has 0 aliphatic rings. The number of aliphatic hydroxyl groups excluding tert-OH is 1. The van der Waals surface area contributed by atoms with Gasteiger partial charge in [-0.25, -0.2) is 0 Å². The molecule has 0 unspecified atom stereocenters. The molecule has 0 aliphatic carbocycles. The molecule has 0 saturated carbocycles. The van der Waals surface area contributed by atoms with E-state index in [0.29, 0.717) is 6.54 Å². The molecular weight excluding hydrogens is 246 g/mol. The SMILES string of the molecule is Cc1cccc(C)c1CN(CCO)Cc1ccccc1. The zero-order chi connectivity index (χ0) is 14.4. The fraction of sp³-hybridized carbons (Fsp3) is 0.333. The fourth-order valence-electron chi connectivity index (χ4n) is 2.52. The number of nitrogens with zero attached hydrogens (tertiary/aromatic N) is 1. The van der Waals surface area contributed by atoms with Crippen LogP contribution in [0, 0.1) is 13.8 Å². The summed E-state index contributed by atoms with van der Waals surface area (Å²) in [6, 6.07) is 16.8. The molecule has 0 saturated heterocycles. The number of aliphatic hydroxyl groups is 1. The van der Waals surface area contributed by atoms with Gasteiger partial charge in [0, 0.05) is 19.6 Å². The Morgan fingerprint density at radius 1 is 0.850 bits per heavy atom.